The zero-order chi connectivity index (χ0) is 17.6. The van der Waals surface area contributed by atoms with Crippen LogP contribution in [-0.4, -0.2) is 25.9 Å². The zero-order valence-electron chi connectivity index (χ0n) is 13.3. The average Bonchev–Trinajstić information content (AvgIpc) is 2.91. The van der Waals surface area contributed by atoms with Gasteiger partial charge in [-0.15, -0.1) is 0 Å². The molecule has 126 valence electrons. The summed E-state index contributed by atoms with van der Waals surface area (Å²) in [5.74, 6) is 0.873. The summed E-state index contributed by atoms with van der Waals surface area (Å²) >= 11 is 3.49. The van der Waals surface area contributed by atoms with E-state index in [4.69, 9.17) is 0 Å². The molecular weight excluding hydrogens is 386 g/mol. The van der Waals surface area contributed by atoms with Crippen LogP contribution in [0.25, 0.3) is 5.82 Å². The van der Waals surface area contributed by atoms with Crippen LogP contribution in [0.4, 0.5) is 5.82 Å². The van der Waals surface area contributed by atoms with Crippen LogP contribution in [0.2, 0.25) is 0 Å². The molecule has 1 amide bonds. The van der Waals surface area contributed by atoms with Crippen LogP contribution in [0.15, 0.2) is 45.7 Å². The maximum atomic E-state index is 12.3. The van der Waals surface area contributed by atoms with Crippen LogP contribution in [-0.2, 0) is 4.79 Å². The Hall–Kier alpha value is -2.74. The predicted octanol–water partition coefficient (Wildman–Crippen LogP) is 2.50. The molecule has 1 aliphatic heterocycles. The van der Waals surface area contributed by atoms with Gasteiger partial charge in [-0.3, -0.25) is 9.59 Å². The molecule has 1 atom stereocenters. The Labute approximate surface area is 151 Å². The van der Waals surface area contributed by atoms with Crippen molar-refractivity contribution in [2.75, 3.05) is 5.32 Å². The quantitative estimate of drug-likeness (QED) is 0.692. The molecule has 3 aromatic rings. The second-order valence-corrected chi connectivity index (χ2v) is 6.81. The van der Waals surface area contributed by atoms with Gasteiger partial charge in [-0.25, -0.2) is 5.10 Å². The largest absolute Gasteiger partial charge is 0.310 e. The molecule has 0 saturated carbocycles. The Bertz CT molecular complexity index is 1020. The molecule has 0 fully saturated rings. The maximum Gasteiger partial charge on any atom is 0.264 e. The molecule has 1 aromatic carbocycles. The number of carbonyl (C=O) groups is 1. The molecule has 0 saturated heterocycles. The molecule has 7 nitrogen and oxygen atoms in total. The summed E-state index contributed by atoms with van der Waals surface area (Å²) in [5.41, 5.74) is 2.53. The van der Waals surface area contributed by atoms with E-state index in [0.717, 1.165) is 21.3 Å². The van der Waals surface area contributed by atoms with Crippen molar-refractivity contribution in [3.8, 4) is 5.82 Å². The lowest BCUT2D eigenvalue weighted by Gasteiger charge is -2.24. The van der Waals surface area contributed by atoms with E-state index in [1.807, 2.05) is 31.2 Å². The second kappa shape index (κ2) is 5.96. The molecule has 2 N–H and O–H groups in total. The number of aromatic amines is 1. The molecular formula is C17H14BrN5O2. The van der Waals surface area contributed by atoms with Gasteiger partial charge in [-0.1, -0.05) is 28.1 Å². The summed E-state index contributed by atoms with van der Waals surface area (Å²) in [6, 6.07) is 10.9. The number of hydrogen-bond acceptors (Lipinski definition) is 4. The second-order valence-electron chi connectivity index (χ2n) is 5.90. The van der Waals surface area contributed by atoms with Crippen LogP contribution in [0.1, 0.15) is 29.2 Å². The number of benzene rings is 1. The number of carbonyl (C=O) groups excluding carboxylic acids is 1. The minimum atomic E-state index is -0.294. The number of halogens is 1. The molecule has 8 heteroatoms. The minimum Gasteiger partial charge on any atom is -0.310 e. The van der Waals surface area contributed by atoms with Crippen LogP contribution in [0.3, 0.4) is 0 Å². The number of nitrogens with zero attached hydrogens (tertiary/aromatic N) is 3. The SMILES string of the molecule is Cc1nn(-c2ccc(=O)[nH]n2)c2c1[C@H](c1cccc(Br)c1)CC(=O)N2. The van der Waals surface area contributed by atoms with Gasteiger partial charge in [0.15, 0.2) is 5.82 Å². The number of fused-ring (bicyclic) bond motifs is 1. The van der Waals surface area contributed by atoms with E-state index >= 15 is 0 Å². The first-order chi connectivity index (χ1) is 12.0. The first kappa shape index (κ1) is 15.8. The highest BCUT2D eigenvalue weighted by molar-refractivity contribution is 9.10. The fourth-order valence-electron chi connectivity index (χ4n) is 3.18. The lowest BCUT2D eigenvalue weighted by molar-refractivity contribution is -0.116. The van der Waals surface area contributed by atoms with E-state index in [-0.39, 0.29) is 17.4 Å². The van der Waals surface area contributed by atoms with Crippen LogP contribution >= 0.6 is 15.9 Å². The Balaban J connectivity index is 1.89. The monoisotopic (exact) mass is 399 g/mol. The third-order valence-corrected chi connectivity index (χ3v) is 4.73. The molecule has 3 heterocycles. The first-order valence-electron chi connectivity index (χ1n) is 7.74. The summed E-state index contributed by atoms with van der Waals surface area (Å²) in [6.07, 6.45) is 0.356. The molecule has 0 aliphatic carbocycles. The summed E-state index contributed by atoms with van der Waals surface area (Å²) in [6.45, 7) is 1.91. The van der Waals surface area contributed by atoms with E-state index in [0.29, 0.717) is 18.1 Å². The van der Waals surface area contributed by atoms with Gasteiger partial charge in [-0.2, -0.15) is 14.9 Å². The van der Waals surface area contributed by atoms with E-state index < -0.39 is 0 Å². The maximum absolute atomic E-state index is 12.3. The van der Waals surface area contributed by atoms with Crippen molar-refractivity contribution in [1.29, 1.82) is 0 Å². The summed E-state index contributed by atoms with van der Waals surface area (Å²) in [5, 5.41) is 13.8. The molecule has 1 aliphatic rings. The van der Waals surface area contributed by atoms with Crippen molar-refractivity contribution in [2.24, 2.45) is 0 Å². The Kier molecular flexibility index (Phi) is 3.76. The van der Waals surface area contributed by atoms with Crippen LogP contribution < -0.4 is 10.9 Å². The molecule has 0 spiro atoms. The average molecular weight is 400 g/mol. The first-order valence-corrected chi connectivity index (χ1v) is 8.53. The Morgan fingerprint density at radius 3 is 2.80 bits per heavy atom. The van der Waals surface area contributed by atoms with Gasteiger partial charge in [0.1, 0.15) is 5.82 Å². The standard InChI is InChI=1S/C17H14BrN5O2/c1-9-16-12(10-3-2-4-11(18)7-10)8-15(25)19-17(16)23(22-9)13-5-6-14(24)21-20-13/h2-7,12H,8H2,1H3,(H,19,25)(H,21,24)/t12-/m0/s1. The fourth-order valence-corrected chi connectivity index (χ4v) is 3.59. The van der Waals surface area contributed by atoms with Crippen molar-refractivity contribution in [3.63, 3.8) is 0 Å². The number of H-pyrrole nitrogens is 1. The van der Waals surface area contributed by atoms with Gasteiger partial charge in [0.05, 0.1) is 5.69 Å². The Morgan fingerprint density at radius 1 is 1.24 bits per heavy atom. The number of aryl methyl sites for hydroxylation is 1. The zero-order valence-corrected chi connectivity index (χ0v) is 14.9. The van der Waals surface area contributed by atoms with E-state index in [1.54, 1.807) is 10.7 Å². The van der Waals surface area contributed by atoms with Crippen LogP contribution in [0, 0.1) is 6.92 Å². The van der Waals surface area contributed by atoms with Gasteiger partial charge >= 0.3 is 0 Å². The van der Waals surface area contributed by atoms with Crippen molar-refractivity contribution in [1.82, 2.24) is 20.0 Å². The normalized spacial score (nSPS) is 16.4. The smallest absolute Gasteiger partial charge is 0.264 e. The molecule has 0 radical (unpaired) electrons. The van der Waals surface area contributed by atoms with E-state index in [1.165, 1.54) is 6.07 Å². The molecule has 25 heavy (non-hydrogen) atoms. The van der Waals surface area contributed by atoms with Crippen molar-refractivity contribution in [2.45, 2.75) is 19.3 Å². The minimum absolute atomic E-state index is 0.0805. The van der Waals surface area contributed by atoms with Crippen molar-refractivity contribution in [3.05, 3.63) is 68.0 Å². The third kappa shape index (κ3) is 2.78. The topological polar surface area (TPSA) is 92.7 Å². The van der Waals surface area contributed by atoms with Crippen molar-refractivity contribution < 1.29 is 4.79 Å². The highest BCUT2D eigenvalue weighted by Gasteiger charge is 2.32. The molecule has 0 unspecified atom stereocenters. The number of amides is 1. The fraction of sp³-hybridized carbons (Fsp3) is 0.176. The van der Waals surface area contributed by atoms with Crippen molar-refractivity contribution >= 4 is 27.7 Å². The van der Waals surface area contributed by atoms with Gasteiger partial charge in [0.2, 0.25) is 5.91 Å². The predicted molar refractivity (Wildman–Crippen MR) is 95.9 cm³/mol. The summed E-state index contributed by atoms with van der Waals surface area (Å²) < 4.78 is 2.52. The van der Waals surface area contributed by atoms with Gasteiger partial charge in [0, 0.05) is 28.4 Å². The van der Waals surface area contributed by atoms with Gasteiger partial charge in [-0.05, 0) is 30.7 Å². The number of nitrogens with one attached hydrogen (secondary N) is 2. The summed E-state index contributed by atoms with van der Waals surface area (Å²) in [7, 11) is 0. The van der Waals surface area contributed by atoms with Crippen LogP contribution in [0.5, 0.6) is 0 Å². The highest BCUT2D eigenvalue weighted by Crippen LogP contribution is 2.40. The van der Waals surface area contributed by atoms with Gasteiger partial charge in [0.25, 0.3) is 5.56 Å². The lowest BCUT2D eigenvalue weighted by Crippen LogP contribution is -2.25. The highest BCUT2D eigenvalue weighted by atomic mass is 79.9. The number of aromatic nitrogens is 4. The number of hydrogen-bond donors (Lipinski definition) is 2. The van der Waals surface area contributed by atoms with E-state index in [2.05, 4.69) is 36.5 Å². The van der Waals surface area contributed by atoms with Gasteiger partial charge < -0.3 is 5.32 Å². The molecule has 4 rings (SSSR count). The van der Waals surface area contributed by atoms with E-state index in [9.17, 15) is 9.59 Å². The lowest BCUT2D eigenvalue weighted by atomic mass is 9.86. The Morgan fingerprint density at radius 2 is 2.08 bits per heavy atom. The summed E-state index contributed by atoms with van der Waals surface area (Å²) in [4.78, 5) is 23.5. The third-order valence-electron chi connectivity index (χ3n) is 4.23. The molecule has 2 aromatic heterocycles. The number of rotatable bonds is 2. The number of anilines is 1. The molecule has 0 bridgehead atoms.